The molecule has 0 saturated heterocycles. The monoisotopic (exact) mass is 320 g/mol. The summed E-state index contributed by atoms with van der Waals surface area (Å²) in [4.78, 5) is 2.18. The molecule has 0 aliphatic carbocycles. The maximum Gasteiger partial charge on any atom is 0.0589 e. The van der Waals surface area contributed by atoms with Gasteiger partial charge in [-0.25, -0.2) is 0 Å². The topological polar surface area (TPSA) is 47.7 Å². The van der Waals surface area contributed by atoms with Crippen LogP contribution in [0.25, 0.3) is 0 Å². The minimum absolute atomic E-state index is 0.0542. The minimum atomic E-state index is -0.0542. The number of methoxy groups -OCH3 is 2. The summed E-state index contributed by atoms with van der Waals surface area (Å²) in [5.41, 5.74) is 6.81. The molecule has 0 aromatic heterocycles. The molecular weight excluding hydrogens is 299 g/mol. The highest BCUT2D eigenvalue weighted by Gasteiger charge is 2.23. The Labute approximate surface area is 130 Å². The van der Waals surface area contributed by atoms with Gasteiger partial charge >= 0.3 is 0 Å². The molecule has 6 heteroatoms. The molecule has 0 radical (unpaired) electrons. The van der Waals surface area contributed by atoms with Crippen LogP contribution in [0.5, 0.6) is 0 Å². The Balaban J connectivity index is 2.98. The Morgan fingerprint density at radius 1 is 1.10 bits per heavy atom. The highest BCUT2D eigenvalue weighted by molar-refractivity contribution is 6.36. The Kier molecular flexibility index (Phi) is 8.45. The van der Waals surface area contributed by atoms with Gasteiger partial charge in [0.2, 0.25) is 0 Å². The van der Waals surface area contributed by atoms with Crippen molar-refractivity contribution in [1.82, 2.24) is 4.90 Å². The minimum Gasteiger partial charge on any atom is -0.383 e. The maximum absolute atomic E-state index is 6.29. The van der Waals surface area contributed by atoms with E-state index in [0.717, 1.165) is 18.7 Å². The summed E-state index contributed by atoms with van der Waals surface area (Å²) in [5, 5.41) is 1.26. The Bertz CT molecular complexity index is 377. The molecule has 1 atom stereocenters. The Morgan fingerprint density at radius 3 is 2.00 bits per heavy atom. The van der Waals surface area contributed by atoms with E-state index in [2.05, 4.69) is 4.90 Å². The molecular formula is C14H22Cl2N2O2. The van der Waals surface area contributed by atoms with E-state index in [0.29, 0.717) is 29.8 Å². The molecule has 1 aromatic rings. The molecule has 0 aliphatic rings. The first-order valence-corrected chi connectivity index (χ1v) is 7.27. The third-order valence-electron chi connectivity index (χ3n) is 3.16. The fourth-order valence-electron chi connectivity index (χ4n) is 2.12. The highest BCUT2D eigenvalue weighted by Crippen LogP contribution is 2.33. The molecule has 0 spiro atoms. The lowest BCUT2D eigenvalue weighted by Gasteiger charge is -2.32. The number of hydrogen-bond donors (Lipinski definition) is 1. The molecule has 0 amide bonds. The van der Waals surface area contributed by atoms with Gasteiger partial charge in [0.1, 0.15) is 0 Å². The van der Waals surface area contributed by atoms with Crippen LogP contribution < -0.4 is 5.73 Å². The highest BCUT2D eigenvalue weighted by atomic mass is 35.5. The van der Waals surface area contributed by atoms with Gasteiger partial charge in [-0.05, 0) is 12.1 Å². The first kappa shape index (κ1) is 17.7. The van der Waals surface area contributed by atoms with E-state index in [9.17, 15) is 0 Å². The second-order valence-corrected chi connectivity index (χ2v) is 5.22. The molecule has 1 aromatic carbocycles. The van der Waals surface area contributed by atoms with Gasteiger partial charge in [-0.15, -0.1) is 0 Å². The van der Waals surface area contributed by atoms with Gasteiger partial charge < -0.3 is 15.2 Å². The number of nitrogens with two attached hydrogens (primary N) is 1. The van der Waals surface area contributed by atoms with E-state index in [1.807, 2.05) is 18.2 Å². The number of benzene rings is 1. The molecule has 1 rings (SSSR count). The molecule has 20 heavy (non-hydrogen) atoms. The first-order valence-electron chi connectivity index (χ1n) is 6.51. The van der Waals surface area contributed by atoms with Crippen molar-refractivity contribution in [2.24, 2.45) is 5.73 Å². The van der Waals surface area contributed by atoms with Crippen LogP contribution in [0, 0.1) is 0 Å². The molecule has 0 fully saturated rings. The quantitative estimate of drug-likeness (QED) is 0.759. The lowest BCUT2D eigenvalue weighted by Crippen LogP contribution is -2.38. The van der Waals surface area contributed by atoms with Gasteiger partial charge in [-0.3, -0.25) is 4.90 Å². The third kappa shape index (κ3) is 4.88. The number of ether oxygens (including phenoxy) is 2. The van der Waals surface area contributed by atoms with Crippen molar-refractivity contribution in [2.45, 2.75) is 6.04 Å². The summed E-state index contributed by atoms with van der Waals surface area (Å²) in [5.74, 6) is 0. The number of hydrogen-bond acceptors (Lipinski definition) is 4. The van der Waals surface area contributed by atoms with E-state index >= 15 is 0 Å². The fraction of sp³-hybridized carbons (Fsp3) is 0.571. The molecule has 2 N–H and O–H groups in total. The smallest absolute Gasteiger partial charge is 0.0589 e. The van der Waals surface area contributed by atoms with Gasteiger partial charge in [0, 0.05) is 49.5 Å². The van der Waals surface area contributed by atoms with Crippen molar-refractivity contribution in [1.29, 1.82) is 0 Å². The van der Waals surface area contributed by atoms with Crippen molar-refractivity contribution in [3.05, 3.63) is 33.8 Å². The SMILES string of the molecule is COCCN(CCOC)C(CN)c1c(Cl)cccc1Cl. The molecule has 0 heterocycles. The number of nitrogens with zero attached hydrogens (tertiary/aromatic N) is 1. The van der Waals surface area contributed by atoms with Gasteiger partial charge in [0.05, 0.1) is 19.3 Å². The molecule has 0 bridgehead atoms. The largest absolute Gasteiger partial charge is 0.383 e. The van der Waals surface area contributed by atoms with E-state index < -0.39 is 0 Å². The van der Waals surface area contributed by atoms with Crippen LogP contribution in [-0.2, 0) is 9.47 Å². The van der Waals surface area contributed by atoms with Gasteiger partial charge in [0.25, 0.3) is 0 Å². The van der Waals surface area contributed by atoms with E-state index in [4.69, 9.17) is 38.4 Å². The molecule has 114 valence electrons. The van der Waals surface area contributed by atoms with Gasteiger partial charge in [0.15, 0.2) is 0 Å². The third-order valence-corrected chi connectivity index (χ3v) is 3.82. The summed E-state index contributed by atoms with van der Waals surface area (Å²) < 4.78 is 10.3. The van der Waals surface area contributed by atoms with Crippen molar-refractivity contribution < 1.29 is 9.47 Å². The van der Waals surface area contributed by atoms with Crippen molar-refractivity contribution >= 4 is 23.2 Å². The summed E-state index contributed by atoms with van der Waals surface area (Å²) in [6.07, 6.45) is 0. The second-order valence-electron chi connectivity index (χ2n) is 4.41. The standard InChI is InChI=1S/C14H22Cl2N2O2/c1-19-8-6-18(7-9-20-2)13(10-17)14-11(15)4-3-5-12(14)16/h3-5,13H,6-10,17H2,1-2H3. The van der Waals surface area contributed by atoms with Crippen LogP contribution in [-0.4, -0.2) is 52.0 Å². The zero-order valence-corrected chi connectivity index (χ0v) is 13.5. The van der Waals surface area contributed by atoms with Crippen LogP contribution in [0.15, 0.2) is 18.2 Å². The average Bonchev–Trinajstić information content (AvgIpc) is 2.44. The normalized spacial score (nSPS) is 12.9. The van der Waals surface area contributed by atoms with Crippen molar-refractivity contribution in [2.75, 3.05) is 47.1 Å². The molecule has 0 saturated carbocycles. The number of halogens is 2. The van der Waals surface area contributed by atoms with E-state index in [1.165, 1.54) is 0 Å². The lowest BCUT2D eigenvalue weighted by atomic mass is 10.0. The fourth-order valence-corrected chi connectivity index (χ4v) is 2.77. The van der Waals surface area contributed by atoms with E-state index in [1.54, 1.807) is 14.2 Å². The number of rotatable bonds is 9. The Morgan fingerprint density at radius 2 is 1.60 bits per heavy atom. The average molecular weight is 321 g/mol. The predicted molar refractivity (Wildman–Crippen MR) is 83.6 cm³/mol. The van der Waals surface area contributed by atoms with Gasteiger partial charge in [-0.1, -0.05) is 29.3 Å². The van der Waals surface area contributed by atoms with Crippen LogP contribution in [0.3, 0.4) is 0 Å². The van der Waals surface area contributed by atoms with Crippen LogP contribution in [0.4, 0.5) is 0 Å². The summed E-state index contributed by atoms with van der Waals surface area (Å²) in [7, 11) is 3.35. The molecule has 1 unspecified atom stereocenters. The van der Waals surface area contributed by atoms with E-state index in [-0.39, 0.29) is 6.04 Å². The Hall–Kier alpha value is -0.360. The summed E-state index contributed by atoms with van der Waals surface area (Å²) in [6.45, 7) is 3.13. The van der Waals surface area contributed by atoms with Gasteiger partial charge in [-0.2, -0.15) is 0 Å². The first-order chi connectivity index (χ1) is 9.65. The van der Waals surface area contributed by atoms with Crippen LogP contribution in [0.1, 0.15) is 11.6 Å². The van der Waals surface area contributed by atoms with Crippen LogP contribution >= 0.6 is 23.2 Å². The van der Waals surface area contributed by atoms with Crippen molar-refractivity contribution in [3.63, 3.8) is 0 Å². The maximum atomic E-state index is 6.29. The second kappa shape index (κ2) is 9.55. The predicted octanol–water partition coefficient (Wildman–Crippen LogP) is 2.59. The molecule has 0 aliphatic heterocycles. The van der Waals surface area contributed by atoms with Crippen molar-refractivity contribution in [3.8, 4) is 0 Å². The summed E-state index contributed by atoms with van der Waals surface area (Å²) >= 11 is 12.6. The zero-order valence-electron chi connectivity index (χ0n) is 11.9. The lowest BCUT2D eigenvalue weighted by molar-refractivity contribution is 0.0892. The van der Waals surface area contributed by atoms with Crippen LogP contribution in [0.2, 0.25) is 10.0 Å². The summed E-state index contributed by atoms with van der Waals surface area (Å²) in [6, 6.07) is 5.43. The zero-order chi connectivity index (χ0) is 15.0. The molecule has 4 nitrogen and oxygen atoms in total.